The summed E-state index contributed by atoms with van der Waals surface area (Å²) in [4.78, 5) is 4.11. The molecule has 2 heterocycles. The number of hydrogen-bond donors (Lipinski definition) is 0. The summed E-state index contributed by atoms with van der Waals surface area (Å²) in [6.07, 6.45) is 5.57. The lowest BCUT2D eigenvalue weighted by molar-refractivity contribution is -0.185. The average Bonchev–Trinajstić information content (AvgIpc) is 3.18. The Morgan fingerprint density at radius 2 is 2.09 bits per heavy atom. The van der Waals surface area contributed by atoms with Crippen molar-refractivity contribution in [3.8, 4) is 0 Å². The minimum Gasteiger partial charge on any atom is -0.342 e. The van der Waals surface area contributed by atoms with Crippen LogP contribution in [0.5, 0.6) is 0 Å². The highest BCUT2D eigenvalue weighted by Gasteiger charge is 2.42. The molecule has 2 unspecified atom stereocenters. The molecule has 4 rings (SSSR count). The van der Waals surface area contributed by atoms with Crippen molar-refractivity contribution in [3.63, 3.8) is 0 Å². The van der Waals surface area contributed by atoms with Gasteiger partial charge in [-0.2, -0.15) is 0 Å². The van der Waals surface area contributed by atoms with E-state index >= 15 is 0 Å². The van der Waals surface area contributed by atoms with Crippen molar-refractivity contribution in [1.29, 1.82) is 0 Å². The van der Waals surface area contributed by atoms with Crippen LogP contribution in [0.4, 0.5) is 0 Å². The maximum absolute atomic E-state index is 6.19. The summed E-state index contributed by atoms with van der Waals surface area (Å²) >= 11 is 0. The Morgan fingerprint density at radius 1 is 1.23 bits per heavy atom. The van der Waals surface area contributed by atoms with Crippen LogP contribution >= 0.6 is 0 Å². The van der Waals surface area contributed by atoms with Crippen LogP contribution in [-0.2, 0) is 21.8 Å². The number of imidazole rings is 1. The minimum absolute atomic E-state index is 0.0787. The zero-order valence-electron chi connectivity index (χ0n) is 12.5. The summed E-state index contributed by atoms with van der Waals surface area (Å²) in [5, 5.41) is 2.41. The molecule has 0 aliphatic carbocycles. The molecule has 112 valence electrons. The predicted molar refractivity (Wildman–Crippen MR) is 84.4 cm³/mol. The van der Waals surface area contributed by atoms with Crippen molar-refractivity contribution in [3.05, 3.63) is 66.7 Å². The van der Waals surface area contributed by atoms with E-state index in [1.807, 2.05) is 29.8 Å². The van der Waals surface area contributed by atoms with Crippen molar-refractivity contribution < 1.29 is 9.47 Å². The molecule has 1 saturated heterocycles. The van der Waals surface area contributed by atoms with E-state index in [-0.39, 0.29) is 6.10 Å². The summed E-state index contributed by atoms with van der Waals surface area (Å²) in [7, 11) is 0. The van der Waals surface area contributed by atoms with Gasteiger partial charge in [-0.25, -0.2) is 4.98 Å². The van der Waals surface area contributed by atoms with Crippen LogP contribution < -0.4 is 0 Å². The van der Waals surface area contributed by atoms with Crippen molar-refractivity contribution in [2.24, 2.45) is 0 Å². The topological polar surface area (TPSA) is 36.3 Å². The van der Waals surface area contributed by atoms with E-state index in [9.17, 15) is 0 Å². The van der Waals surface area contributed by atoms with Gasteiger partial charge in [-0.1, -0.05) is 36.4 Å². The third-order valence-corrected chi connectivity index (χ3v) is 4.08. The first-order chi connectivity index (χ1) is 10.8. The van der Waals surface area contributed by atoms with Crippen LogP contribution in [0.1, 0.15) is 12.5 Å². The Morgan fingerprint density at radius 3 is 2.82 bits per heavy atom. The number of benzene rings is 2. The zero-order chi connectivity index (χ0) is 15.0. The second-order valence-corrected chi connectivity index (χ2v) is 5.79. The Labute approximate surface area is 129 Å². The summed E-state index contributed by atoms with van der Waals surface area (Å²) in [6.45, 7) is 3.23. The van der Waals surface area contributed by atoms with Gasteiger partial charge in [-0.3, -0.25) is 0 Å². The molecule has 0 bridgehead atoms. The van der Waals surface area contributed by atoms with Crippen LogP contribution in [0.2, 0.25) is 0 Å². The smallest absolute Gasteiger partial charge is 0.213 e. The molecule has 0 N–H and O–H groups in total. The molecule has 2 aromatic carbocycles. The van der Waals surface area contributed by atoms with Gasteiger partial charge in [0.2, 0.25) is 5.79 Å². The number of ether oxygens (including phenoxy) is 2. The van der Waals surface area contributed by atoms with Gasteiger partial charge in [0.15, 0.2) is 0 Å². The molecule has 1 fully saturated rings. The standard InChI is InChI=1S/C18H18N2O2/c1-14-11-21-18(22-14,12-20-9-8-19-13-20)17-7-6-15-4-2-3-5-16(15)10-17/h2-10,13-14H,11-12H2,1H3. The second-order valence-electron chi connectivity index (χ2n) is 5.79. The van der Waals surface area contributed by atoms with E-state index in [0.29, 0.717) is 13.2 Å². The lowest BCUT2D eigenvalue weighted by Gasteiger charge is -2.29. The van der Waals surface area contributed by atoms with E-state index in [1.54, 1.807) is 12.5 Å². The average molecular weight is 294 g/mol. The van der Waals surface area contributed by atoms with Crippen LogP contribution in [0.25, 0.3) is 10.8 Å². The molecule has 22 heavy (non-hydrogen) atoms. The lowest BCUT2D eigenvalue weighted by Crippen LogP contribution is -2.33. The summed E-state index contributed by atoms with van der Waals surface area (Å²) in [5.74, 6) is -0.746. The van der Waals surface area contributed by atoms with Gasteiger partial charge in [0, 0.05) is 18.0 Å². The van der Waals surface area contributed by atoms with Crippen molar-refractivity contribution >= 4 is 10.8 Å². The van der Waals surface area contributed by atoms with E-state index in [4.69, 9.17) is 9.47 Å². The SMILES string of the molecule is CC1COC(Cn2ccnc2)(c2ccc3ccccc3c2)O1. The van der Waals surface area contributed by atoms with Gasteiger partial charge in [0.1, 0.15) is 0 Å². The number of aromatic nitrogens is 2. The molecular weight excluding hydrogens is 276 g/mol. The van der Waals surface area contributed by atoms with Gasteiger partial charge >= 0.3 is 0 Å². The van der Waals surface area contributed by atoms with Gasteiger partial charge in [-0.05, 0) is 23.8 Å². The first kappa shape index (κ1) is 13.5. The molecule has 4 heteroatoms. The molecule has 1 aliphatic rings. The Bertz CT molecular complexity index is 785. The highest BCUT2D eigenvalue weighted by molar-refractivity contribution is 5.83. The van der Waals surface area contributed by atoms with Crippen LogP contribution in [0.15, 0.2) is 61.2 Å². The number of nitrogens with zero attached hydrogens (tertiary/aromatic N) is 2. The van der Waals surface area contributed by atoms with E-state index in [0.717, 1.165) is 5.56 Å². The Hall–Kier alpha value is -2.17. The fraction of sp³-hybridized carbons (Fsp3) is 0.278. The molecule has 0 radical (unpaired) electrons. The first-order valence-electron chi connectivity index (χ1n) is 7.52. The number of hydrogen-bond acceptors (Lipinski definition) is 3. The molecule has 2 atom stereocenters. The lowest BCUT2D eigenvalue weighted by atomic mass is 10.0. The normalized spacial score (nSPS) is 24.9. The van der Waals surface area contributed by atoms with E-state index in [2.05, 4.69) is 35.3 Å². The quantitative estimate of drug-likeness (QED) is 0.743. The Balaban J connectivity index is 1.78. The minimum atomic E-state index is -0.746. The fourth-order valence-electron chi connectivity index (χ4n) is 3.02. The van der Waals surface area contributed by atoms with Crippen molar-refractivity contribution in [2.75, 3.05) is 6.61 Å². The summed E-state index contributed by atoms with van der Waals surface area (Å²) in [6, 6.07) is 14.7. The van der Waals surface area contributed by atoms with Crippen LogP contribution in [0, 0.1) is 0 Å². The van der Waals surface area contributed by atoms with Crippen molar-refractivity contribution in [1.82, 2.24) is 9.55 Å². The van der Waals surface area contributed by atoms with Gasteiger partial charge in [0.25, 0.3) is 0 Å². The first-order valence-corrected chi connectivity index (χ1v) is 7.52. The molecule has 0 saturated carbocycles. The number of fused-ring (bicyclic) bond motifs is 1. The predicted octanol–water partition coefficient (Wildman–Crippen LogP) is 3.32. The monoisotopic (exact) mass is 294 g/mol. The third-order valence-electron chi connectivity index (χ3n) is 4.08. The summed E-state index contributed by atoms with van der Waals surface area (Å²) < 4.78 is 14.3. The maximum Gasteiger partial charge on any atom is 0.213 e. The molecule has 1 aliphatic heterocycles. The molecule has 3 aromatic rings. The largest absolute Gasteiger partial charge is 0.342 e. The highest BCUT2D eigenvalue weighted by atomic mass is 16.7. The molecular formula is C18H18N2O2. The van der Waals surface area contributed by atoms with Crippen molar-refractivity contribution in [2.45, 2.75) is 25.4 Å². The van der Waals surface area contributed by atoms with Gasteiger partial charge in [-0.15, -0.1) is 0 Å². The second kappa shape index (κ2) is 5.23. The number of rotatable bonds is 3. The molecule has 4 nitrogen and oxygen atoms in total. The fourth-order valence-corrected chi connectivity index (χ4v) is 3.02. The van der Waals surface area contributed by atoms with Crippen LogP contribution in [-0.4, -0.2) is 22.3 Å². The third kappa shape index (κ3) is 2.30. The van der Waals surface area contributed by atoms with Gasteiger partial charge in [0.05, 0.1) is 25.6 Å². The van der Waals surface area contributed by atoms with E-state index in [1.165, 1.54) is 10.8 Å². The maximum atomic E-state index is 6.19. The highest BCUT2D eigenvalue weighted by Crippen LogP contribution is 2.37. The molecule has 1 aromatic heterocycles. The molecule has 0 spiro atoms. The Kier molecular flexibility index (Phi) is 3.21. The van der Waals surface area contributed by atoms with E-state index < -0.39 is 5.79 Å². The van der Waals surface area contributed by atoms with Crippen LogP contribution in [0.3, 0.4) is 0 Å². The molecule has 0 amide bonds. The van der Waals surface area contributed by atoms with Gasteiger partial charge < -0.3 is 14.0 Å². The summed E-state index contributed by atoms with van der Waals surface area (Å²) in [5.41, 5.74) is 1.05. The zero-order valence-corrected chi connectivity index (χ0v) is 12.5.